The van der Waals surface area contributed by atoms with Crippen LogP contribution >= 0.6 is 0 Å². The number of benzene rings is 3. The van der Waals surface area contributed by atoms with E-state index in [0.717, 1.165) is 93.1 Å². The van der Waals surface area contributed by atoms with Crippen LogP contribution in [0.5, 0.6) is 34.5 Å². The van der Waals surface area contributed by atoms with E-state index in [0.29, 0.717) is 54.6 Å². The van der Waals surface area contributed by atoms with Crippen LogP contribution in [0.1, 0.15) is 112 Å². The van der Waals surface area contributed by atoms with Crippen molar-refractivity contribution in [3.63, 3.8) is 0 Å². The highest BCUT2D eigenvalue weighted by molar-refractivity contribution is 5.89. The third kappa shape index (κ3) is 8.79. The molecule has 3 aromatic rings. The number of carbonyl (C=O) groups is 2. The summed E-state index contributed by atoms with van der Waals surface area (Å²) in [6, 6.07) is 17.1. The highest BCUT2D eigenvalue weighted by Crippen LogP contribution is 2.46. The first kappa shape index (κ1) is 38.7. The normalized spacial score (nSPS) is 24.9. The van der Waals surface area contributed by atoms with E-state index in [1.54, 1.807) is 28.4 Å². The number of methoxy groups -OCH3 is 4. The molecule has 55 heavy (non-hydrogen) atoms. The fourth-order valence-corrected chi connectivity index (χ4v) is 9.16. The summed E-state index contributed by atoms with van der Waals surface area (Å²) in [7, 11) is 6.52. The fourth-order valence-electron chi connectivity index (χ4n) is 9.16. The number of ether oxygens (including phenoxy) is 7. The maximum Gasteiger partial charge on any atom is 0.329 e. The van der Waals surface area contributed by atoms with Crippen LogP contribution in [0.3, 0.4) is 0 Å². The van der Waals surface area contributed by atoms with Gasteiger partial charge in [0.1, 0.15) is 17.9 Å². The van der Waals surface area contributed by atoms with Gasteiger partial charge in [0, 0.05) is 6.54 Å². The van der Waals surface area contributed by atoms with Crippen molar-refractivity contribution in [2.75, 3.05) is 35.0 Å². The number of carbonyl (C=O) groups excluding carboxylic acids is 2. The SMILES string of the molecule is COc1ccc(CC[C@H]2OC(=O)[C@@H]3CCCCN3C(=O)[C@@H](C3CCCCC3)c3cc(OC)c(c(OC)c3)OC3CCC(CC3)Oc3cccc2c3)cc1OC. The van der Waals surface area contributed by atoms with Crippen molar-refractivity contribution >= 4 is 11.9 Å². The van der Waals surface area contributed by atoms with Crippen LogP contribution in [0, 0.1) is 5.92 Å². The third-order valence-electron chi connectivity index (χ3n) is 12.1. The van der Waals surface area contributed by atoms with Gasteiger partial charge in [-0.3, -0.25) is 4.79 Å². The Morgan fingerprint density at radius 2 is 1.31 bits per heavy atom. The fraction of sp³-hybridized carbons (Fsp3) is 0.556. The molecule has 3 fully saturated rings. The molecule has 2 aliphatic carbocycles. The standard InChI is InChI=1S/C45H57NO9/c1-49-38-23-17-29(25-39(38)50-2)16-22-37-31-13-10-14-35(26-31)53-33-18-20-34(21-19-33)54-43-40(51-3)27-32(28-41(43)52-4)42(30-11-6-5-7-12-30)44(47)46-24-9-8-15-36(46)45(48)55-37/h10,13-14,17,23,25-28,30,33-34,36-37,42H,5-9,11-12,15-16,18-22,24H2,1-4H3/t33?,34?,36-,37+,42-/m0/s1. The van der Waals surface area contributed by atoms with Crippen molar-refractivity contribution in [1.82, 2.24) is 4.90 Å². The molecule has 1 amide bonds. The number of piperidine rings is 1. The second-order valence-electron chi connectivity index (χ2n) is 15.5. The molecule has 10 nitrogen and oxygen atoms in total. The van der Waals surface area contributed by atoms with E-state index < -0.39 is 18.1 Å². The van der Waals surface area contributed by atoms with Crippen LogP contribution in [0.25, 0.3) is 0 Å². The Kier molecular flexibility index (Phi) is 12.6. The van der Waals surface area contributed by atoms with E-state index in [2.05, 4.69) is 0 Å². The van der Waals surface area contributed by atoms with Gasteiger partial charge >= 0.3 is 5.97 Å². The van der Waals surface area contributed by atoms with Crippen molar-refractivity contribution in [3.8, 4) is 34.5 Å². The highest BCUT2D eigenvalue weighted by atomic mass is 16.6. The molecule has 0 unspecified atom stereocenters. The molecule has 4 heterocycles. The summed E-state index contributed by atoms with van der Waals surface area (Å²) in [4.78, 5) is 31.5. The summed E-state index contributed by atoms with van der Waals surface area (Å²) >= 11 is 0. The molecule has 6 bridgehead atoms. The number of fused-ring (bicyclic) bond motifs is 2. The van der Waals surface area contributed by atoms with Gasteiger partial charge in [-0.25, -0.2) is 4.79 Å². The third-order valence-corrected chi connectivity index (χ3v) is 12.1. The van der Waals surface area contributed by atoms with Gasteiger partial charge in [-0.15, -0.1) is 0 Å². The lowest BCUT2D eigenvalue weighted by atomic mass is 9.75. The van der Waals surface area contributed by atoms with E-state index >= 15 is 4.79 Å². The summed E-state index contributed by atoms with van der Waals surface area (Å²) in [6.45, 7) is 0.500. The lowest BCUT2D eigenvalue weighted by Crippen LogP contribution is -2.51. The van der Waals surface area contributed by atoms with Gasteiger partial charge in [-0.05, 0) is 130 Å². The molecule has 0 aromatic heterocycles. The average molecular weight is 756 g/mol. The molecule has 3 atom stereocenters. The molecule has 296 valence electrons. The number of amides is 1. The van der Waals surface area contributed by atoms with Crippen molar-refractivity contribution in [3.05, 3.63) is 71.3 Å². The minimum atomic E-state index is -0.692. The monoisotopic (exact) mass is 755 g/mol. The van der Waals surface area contributed by atoms with Crippen molar-refractivity contribution in [2.24, 2.45) is 5.92 Å². The molecular weight excluding hydrogens is 698 g/mol. The molecule has 0 N–H and O–H groups in total. The molecule has 10 heteroatoms. The summed E-state index contributed by atoms with van der Waals surface area (Å²) in [5.74, 6) is 3.00. The van der Waals surface area contributed by atoms with Crippen LogP contribution in [0.2, 0.25) is 0 Å². The average Bonchev–Trinajstić information content (AvgIpc) is 3.23. The number of hydrogen-bond donors (Lipinski definition) is 0. The van der Waals surface area contributed by atoms with Crippen molar-refractivity contribution < 1.29 is 42.7 Å². The first-order chi connectivity index (χ1) is 26.9. The van der Waals surface area contributed by atoms with E-state index in [9.17, 15) is 4.79 Å². The maximum absolute atomic E-state index is 15.1. The summed E-state index contributed by atoms with van der Waals surface area (Å²) in [5.41, 5.74) is 2.74. The molecule has 0 radical (unpaired) electrons. The van der Waals surface area contributed by atoms with Crippen LogP contribution in [-0.2, 0) is 20.7 Å². The smallest absolute Gasteiger partial charge is 0.329 e. The van der Waals surface area contributed by atoms with Gasteiger partial charge in [-0.2, -0.15) is 0 Å². The molecule has 1 saturated heterocycles. The zero-order valence-electron chi connectivity index (χ0n) is 32.9. The Labute approximate surface area is 325 Å². The summed E-state index contributed by atoms with van der Waals surface area (Å²) in [5, 5.41) is 0. The van der Waals surface area contributed by atoms with E-state index in [1.165, 1.54) is 0 Å². The van der Waals surface area contributed by atoms with Gasteiger partial charge in [0.25, 0.3) is 0 Å². The summed E-state index contributed by atoms with van der Waals surface area (Å²) < 4.78 is 42.8. The first-order valence-corrected chi connectivity index (χ1v) is 20.3. The molecule has 6 aliphatic rings. The minimum Gasteiger partial charge on any atom is -0.493 e. The van der Waals surface area contributed by atoms with Crippen LogP contribution in [0.15, 0.2) is 54.6 Å². The second-order valence-corrected chi connectivity index (χ2v) is 15.5. The topological polar surface area (TPSA) is 102 Å². The zero-order valence-corrected chi connectivity index (χ0v) is 32.9. The number of hydrogen-bond acceptors (Lipinski definition) is 9. The molecule has 0 spiro atoms. The molecule has 2 saturated carbocycles. The highest BCUT2D eigenvalue weighted by Gasteiger charge is 2.42. The summed E-state index contributed by atoms with van der Waals surface area (Å²) in [6.07, 6.45) is 11.3. The second kappa shape index (κ2) is 17.9. The predicted octanol–water partition coefficient (Wildman–Crippen LogP) is 8.77. The van der Waals surface area contributed by atoms with Gasteiger partial charge in [0.15, 0.2) is 23.0 Å². The lowest BCUT2D eigenvalue weighted by Gasteiger charge is -2.40. The Bertz CT molecular complexity index is 1750. The van der Waals surface area contributed by atoms with E-state index in [4.69, 9.17) is 33.2 Å². The lowest BCUT2D eigenvalue weighted by molar-refractivity contribution is -0.163. The van der Waals surface area contributed by atoms with Gasteiger partial charge in [0.2, 0.25) is 11.7 Å². The van der Waals surface area contributed by atoms with Gasteiger partial charge in [0.05, 0.1) is 46.6 Å². The Hall–Kier alpha value is -4.60. The Balaban J connectivity index is 1.27. The molecule has 4 aliphatic heterocycles. The number of esters is 1. The molecular formula is C45H57NO9. The maximum atomic E-state index is 15.1. The van der Waals surface area contributed by atoms with Crippen LogP contribution < -0.4 is 28.4 Å². The van der Waals surface area contributed by atoms with Crippen LogP contribution in [-0.4, -0.2) is 70.0 Å². The van der Waals surface area contributed by atoms with E-state index in [1.807, 2.05) is 59.5 Å². The van der Waals surface area contributed by atoms with Crippen molar-refractivity contribution in [2.45, 2.75) is 120 Å². The van der Waals surface area contributed by atoms with Crippen LogP contribution in [0.4, 0.5) is 0 Å². The Morgan fingerprint density at radius 3 is 2.00 bits per heavy atom. The molecule has 3 aromatic carbocycles. The minimum absolute atomic E-state index is 0.0256. The van der Waals surface area contributed by atoms with E-state index in [-0.39, 0.29) is 30.0 Å². The molecule has 9 rings (SSSR count). The number of nitrogens with zero attached hydrogens (tertiary/aromatic N) is 1. The van der Waals surface area contributed by atoms with Gasteiger partial charge in [-0.1, -0.05) is 37.5 Å². The Morgan fingerprint density at radius 1 is 0.636 bits per heavy atom. The predicted molar refractivity (Wildman–Crippen MR) is 209 cm³/mol. The quantitative estimate of drug-likeness (QED) is 0.209. The van der Waals surface area contributed by atoms with Gasteiger partial charge < -0.3 is 38.1 Å². The largest absolute Gasteiger partial charge is 0.493 e. The number of rotatable bonds is 8. The van der Waals surface area contributed by atoms with Crippen molar-refractivity contribution in [1.29, 1.82) is 0 Å². The number of aryl methyl sites for hydroxylation is 1. The zero-order chi connectivity index (χ0) is 38.3. The first-order valence-electron chi connectivity index (χ1n) is 20.3.